The van der Waals surface area contributed by atoms with Crippen LogP contribution in [0.25, 0.3) is 11.5 Å². The van der Waals surface area contributed by atoms with Gasteiger partial charge in [0, 0.05) is 5.56 Å². The first-order chi connectivity index (χ1) is 13.0. The molecule has 27 heavy (non-hydrogen) atoms. The van der Waals surface area contributed by atoms with Crippen LogP contribution in [-0.2, 0) is 11.2 Å². The minimum absolute atomic E-state index is 0.0467. The highest BCUT2D eigenvalue weighted by Gasteiger charge is 2.13. The molecule has 6 heteroatoms. The fourth-order valence-corrected chi connectivity index (χ4v) is 3.27. The van der Waals surface area contributed by atoms with Crippen molar-refractivity contribution in [3.05, 3.63) is 65.2 Å². The molecule has 1 aromatic heterocycles. The van der Waals surface area contributed by atoms with Crippen LogP contribution < -0.4 is 5.32 Å². The second kappa shape index (κ2) is 8.86. The zero-order valence-corrected chi connectivity index (χ0v) is 16.5. The molecule has 1 heterocycles. The molecule has 5 nitrogen and oxygen atoms in total. The average molecular weight is 382 g/mol. The highest BCUT2D eigenvalue weighted by molar-refractivity contribution is 7.99. The first kappa shape index (κ1) is 19.2. The van der Waals surface area contributed by atoms with Gasteiger partial charge < -0.3 is 9.73 Å². The molecule has 0 aliphatic rings. The Bertz CT molecular complexity index is 906. The minimum Gasteiger partial charge on any atom is -0.411 e. The molecular formula is C21H23N3O2S. The number of aryl methyl sites for hydroxylation is 2. The quantitative estimate of drug-likeness (QED) is 0.607. The second-order valence-corrected chi connectivity index (χ2v) is 7.34. The molecule has 0 saturated carbocycles. The van der Waals surface area contributed by atoms with Crippen LogP contribution in [-0.4, -0.2) is 21.9 Å². The monoisotopic (exact) mass is 381 g/mol. The van der Waals surface area contributed by atoms with E-state index in [2.05, 4.69) is 46.7 Å². The Morgan fingerprint density at radius 2 is 1.96 bits per heavy atom. The van der Waals surface area contributed by atoms with Gasteiger partial charge in [0.25, 0.3) is 5.22 Å². The summed E-state index contributed by atoms with van der Waals surface area (Å²) in [6.07, 6.45) is 1.01. The zero-order valence-electron chi connectivity index (χ0n) is 15.7. The molecule has 0 fully saturated rings. The summed E-state index contributed by atoms with van der Waals surface area (Å²) in [5, 5.41) is 11.5. The van der Waals surface area contributed by atoms with Gasteiger partial charge in [0.1, 0.15) is 0 Å². The fourth-order valence-electron chi connectivity index (χ4n) is 2.70. The molecule has 0 bridgehead atoms. The van der Waals surface area contributed by atoms with Crippen molar-refractivity contribution in [3.8, 4) is 11.5 Å². The summed E-state index contributed by atoms with van der Waals surface area (Å²) in [6, 6.07) is 16.1. The van der Waals surface area contributed by atoms with Gasteiger partial charge in [0.05, 0.1) is 11.8 Å². The van der Waals surface area contributed by atoms with Gasteiger partial charge in [0.15, 0.2) is 0 Å². The number of hydrogen-bond donors (Lipinski definition) is 1. The van der Waals surface area contributed by atoms with Gasteiger partial charge >= 0.3 is 0 Å². The molecule has 1 N–H and O–H groups in total. The van der Waals surface area contributed by atoms with Crippen LogP contribution in [0, 0.1) is 6.92 Å². The van der Waals surface area contributed by atoms with Crippen LogP contribution in [0.2, 0.25) is 0 Å². The molecule has 1 atom stereocenters. The third-order valence-electron chi connectivity index (χ3n) is 4.26. The van der Waals surface area contributed by atoms with Gasteiger partial charge in [-0.1, -0.05) is 60.6 Å². The van der Waals surface area contributed by atoms with Crippen molar-refractivity contribution in [2.75, 3.05) is 5.75 Å². The first-order valence-electron chi connectivity index (χ1n) is 8.96. The van der Waals surface area contributed by atoms with Crippen LogP contribution in [0.3, 0.4) is 0 Å². The Morgan fingerprint density at radius 3 is 2.67 bits per heavy atom. The number of nitrogens with one attached hydrogen (secondary N) is 1. The minimum atomic E-state index is -0.0672. The summed E-state index contributed by atoms with van der Waals surface area (Å²) in [6.45, 7) is 6.11. The zero-order chi connectivity index (χ0) is 19.2. The van der Waals surface area contributed by atoms with Crippen molar-refractivity contribution in [1.82, 2.24) is 15.5 Å². The van der Waals surface area contributed by atoms with Crippen LogP contribution in [0.1, 0.15) is 36.6 Å². The Morgan fingerprint density at radius 1 is 1.19 bits per heavy atom. The molecule has 0 radical (unpaired) electrons. The normalized spacial score (nSPS) is 12.0. The van der Waals surface area contributed by atoms with E-state index in [-0.39, 0.29) is 17.7 Å². The largest absolute Gasteiger partial charge is 0.411 e. The maximum atomic E-state index is 12.2. The van der Waals surface area contributed by atoms with Gasteiger partial charge in [0.2, 0.25) is 11.8 Å². The van der Waals surface area contributed by atoms with E-state index in [1.165, 1.54) is 17.3 Å². The van der Waals surface area contributed by atoms with Gasteiger partial charge in [-0.15, -0.1) is 10.2 Å². The summed E-state index contributed by atoms with van der Waals surface area (Å²) in [5.41, 5.74) is 4.38. The first-order valence-corrected chi connectivity index (χ1v) is 9.95. The lowest BCUT2D eigenvalue weighted by Gasteiger charge is -2.14. The fraction of sp³-hybridized carbons (Fsp3) is 0.286. The number of thioether (sulfide) groups is 1. The highest BCUT2D eigenvalue weighted by Crippen LogP contribution is 2.24. The number of hydrogen-bond acceptors (Lipinski definition) is 5. The molecule has 140 valence electrons. The van der Waals surface area contributed by atoms with Crippen LogP contribution in [0.4, 0.5) is 0 Å². The molecule has 2 aromatic carbocycles. The van der Waals surface area contributed by atoms with Gasteiger partial charge in [-0.3, -0.25) is 4.79 Å². The van der Waals surface area contributed by atoms with E-state index < -0.39 is 0 Å². The van der Waals surface area contributed by atoms with E-state index in [9.17, 15) is 4.79 Å². The molecule has 0 spiro atoms. The standard InChI is InChI=1S/C21H23N3O2S/c1-4-16-8-10-17(11-9-16)15(3)22-19(25)13-27-21-24-23-20(26-21)18-7-5-6-14(2)12-18/h5-12,15H,4,13H2,1-3H3,(H,22,25)/t15-/m1/s1. The lowest BCUT2D eigenvalue weighted by atomic mass is 10.1. The number of benzene rings is 2. The number of aromatic nitrogens is 2. The average Bonchev–Trinajstić information content (AvgIpc) is 3.15. The number of amides is 1. The van der Waals surface area contributed by atoms with Crippen LogP contribution in [0.5, 0.6) is 0 Å². The van der Waals surface area contributed by atoms with Crippen LogP contribution >= 0.6 is 11.8 Å². The molecule has 0 saturated heterocycles. The molecule has 3 aromatic rings. The van der Waals surface area contributed by atoms with Crippen LogP contribution in [0.15, 0.2) is 58.2 Å². The van der Waals surface area contributed by atoms with E-state index in [1.807, 2.05) is 38.1 Å². The lowest BCUT2D eigenvalue weighted by molar-refractivity contribution is -0.119. The third kappa shape index (κ3) is 5.20. The van der Waals surface area contributed by atoms with E-state index in [0.717, 1.165) is 23.1 Å². The molecule has 0 aliphatic heterocycles. The second-order valence-electron chi connectivity index (χ2n) is 6.42. The maximum absolute atomic E-state index is 12.2. The highest BCUT2D eigenvalue weighted by atomic mass is 32.2. The number of carbonyl (C=O) groups excluding carboxylic acids is 1. The maximum Gasteiger partial charge on any atom is 0.277 e. The molecule has 0 aliphatic carbocycles. The Balaban J connectivity index is 1.53. The summed E-state index contributed by atoms with van der Waals surface area (Å²) in [5.74, 6) is 0.626. The Kier molecular flexibility index (Phi) is 6.29. The number of nitrogens with zero attached hydrogens (tertiary/aromatic N) is 2. The summed E-state index contributed by atoms with van der Waals surface area (Å²) in [7, 11) is 0. The van der Waals surface area contributed by atoms with Crippen molar-refractivity contribution in [2.24, 2.45) is 0 Å². The van der Waals surface area contributed by atoms with E-state index in [0.29, 0.717) is 11.1 Å². The predicted molar refractivity (Wildman–Crippen MR) is 108 cm³/mol. The Labute approximate surface area is 163 Å². The third-order valence-corrected chi connectivity index (χ3v) is 5.08. The number of carbonyl (C=O) groups is 1. The van der Waals surface area contributed by atoms with E-state index in [1.54, 1.807) is 0 Å². The topological polar surface area (TPSA) is 68.0 Å². The molecule has 3 rings (SSSR count). The lowest BCUT2D eigenvalue weighted by Crippen LogP contribution is -2.28. The summed E-state index contributed by atoms with van der Waals surface area (Å²) in [4.78, 5) is 12.2. The molecule has 1 amide bonds. The molecular weight excluding hydrogens is 358 g/mol. The summed E-state index contributed by atoms with van der Waals surface area (Å²) >= 11 is 1.24. The summed E-state index contributed by atoms with van der Waals surface area (Å²) < 4.78 is 5.65. The SMILES string of the molecule is CCc1ccc([C@@H](C)NC(=O)CSc2nnc(-c3cccc(C)c3)o2)cc1. The van der Waals surface area contributed by atoms with Crippen molar-refractivity contribution in [3.63, 3.8) is 0 Å². The van der Waals surface area contributed by atoms with Crippen molar-refractivity contribution < 1.29 is 9.21 Å². The van der Waals surface area contributed by atoms with Gasteiger partial charge in [-0.25, -0.2) is 0 Å². The van der Waals surface area contributed by atoms with Crippen molar-refractivity contribution in [2.45, 2.75) is 38.5 Å². The van der Waals surface area contributed by atoms with Gasteiger partial charge in [-0.05, 0) is 43.5 Å². The Hall–Kier alpha value is -2.60. The predicted octanol–water partition coefficient (Wildman–Crippen LogP) is 4.58. The van der Waals surface area contributed by atoms with Crippen molar-refractivity contribution >= 4 is 17.7 Å². The van der Waals surface area contributed by atoms with E-state index >= 15 is 0 Å². The van der Waals surface area contributed by atoms with Gasteiger partial charge in [-0.2, -0.15) is 0 Å². The molecule has 0 unspecified atom stereocenters. The van der Waals surface area contributed by atoms with E-state index in [4.69, 9.17) is 4.42 Å². The number of rotatable bonds is 7. The smallest absolute Gasteiger partial charge is 0.277 e. The van der Waals surface area contributed by atoms with Crippen molar-refractivity contribution in [1.29, 1.82) is 0 Å².